The molecular weight excluding hydrogens is 252 g/mol. The minimum Gasteiger partial charge on any atom is -0.484 e. The van der Waals surface area contributed by atoms with Gasteiger partial charge in [-0.3, -0.25) is 0 Å². The number of rotatable bonds is 4. The largest absolute Gasteiger partial charge is 0.484 e. The number of hydrogen-bond donors (Lipinski definition) is 0. The van der Waals surface area contributed by atoms with E-state index >= 15 is 0 Å². The molecule has 18 heavy (non-hydrogen) atoms. The maximum atomic E-state index is 5.64. The third kappa shape index (κ3) is 2.34. The standard InChI is InChI=1S/C13H13ClN2O2/c14-7-12-15-16-13(18-12)8-17-11-5-4-9-2-1-3-10(9)6-11/h4-6H,1-3,7-8H2. The molecule has 2 aromatic rings. The Morgan fingerprint density at radius 1 is 1.17 bits per heavy atom. The summed E-state index contributed by atoms with van der Waals surface area (Å²) >= 11 is 5.58. The van der Waals surface area contributed by atoms with Crippen LogP contribution in [0.4, 0.5) is 0 Å². The number of aryl methyl sites for hydroxylation is 2. The highest BCUT2D eigenvalue weighted by Gasteiger charge is 2.12. The fourth-order valence-electron chi connectivity index (χ4n) is 2.18. The Hall–Kier alpha value is -1.55. The lowest BCUT2D eigenvalue weighted by Crippen LogP contribution is -1.96. The molecule has 0 unspecified atom stereocenters. The first kappa shape index (κ1) is 11.5. The summed E-state index contributed by atoms with van der Waals surface area (Å²) in [5.74, 6) is 1.95. The van der Waals surface area contributed by atoms with Crippen LogP contribution >= 0.6 is 11.6 Å². The molecule has 0 spiro atoms. The van der Waals surface area contributed by atoms with E-state index < -0.39 is 0 Å². The highest BCUT2D eigenvalue weighted by molar-refractivity contribution is 6.16. The van der Waals surface area contributed by atoms with Gasteiger partial charge in [-0.05, 0) is 42.5 Å². The summed E-state index contributed by atoms with van der Waals surface area (Å²) in [5, 5.41) is 7.62. The zero-order chi connectivity index (χ0) is 12.4. The van der Waals surface area contributed by atoms with Gasteiger partial charge >= 0.3 is 0 Å². The monoisotopic (exact) mass is 264 g/mol. The van der Waals surface area contributed by atoms with Gasteiger partial charge in [0.2, 0.25) is 5.89 Å². The zero-order valence-corrected chi connectivity index (χ0v) is 10.6. The zero-order valence-electron chi connectivity index (χ0n) is 9.86. The first-order valence-corrected chi connectivity index (χ1v) is 6.50. The van der Waals surface area contributed by atoms with Crippen molar-refractivity contribution >= 4 is 11.6 Å². The van der Waals surface area contributed by atoms with Crippen LogP contribution in [0.3, 0.4) is 0 Å². The summed E-state index contributed by atoms with van der Waals surface area (Å²) in [6.07, 6.45) is 3.56. The van der Waals surface area contributed by atoms with Crippen molar-refractivity contribution in [2.75, 3.05) is 0 Å². The fraction of sp³-hybridized carbons (Fsp3) is 0.385. The maximum Gasteiger partial charge on any atom is 0.253 e. The third-order valence-electron chi connectivity index (χ3n) is 3.06. The van der Waals surface area contributed by atoms with Crippen LogP contribution in [0, 0.1) is 0 Å². The molecule has 1 aromatic carbocycles. The van der Waals surface area contributed by atoms with Gasteiger partial charge in [-0.25, -0.2) is 0 Å². The molecular formula is C13H13ClN2O2. The minimum atomic E-state index is 0.228. The summed E-state index contributed by atoms with van der Waals surface area (Å²) in [5.41, 5.74) is 2.82. The Kier molecular flexibility index (Phi) is 3.19. The molecule has 0 amide bonds. The SMILES string of the molecule is ClCc1nnc(COc2ccc3c(c2)CCC3)o1. The van der Waals surface area contributed by atoms with Gasteiger partial charge < -0.3 is 9.15 Å². The van der Waals surface area contributed by atoms with Gasteiger partial charge in [-0.15, -0.1) is 21.8 Å². The average Bonchev–Trinajstić information content (AvgIpc) is 3.04. The summed E-state index contributed by atoms with van der Waals surface area (Å²) in [7, 11) is 0. The Morgan fingerprint density at radius 3 is 2.83 bits per heavy atom. The molecule has 0 aliphatic heterocycles. The number of hydrogen-bond acceptors (Lipinski definition) is 4. The highest BCUT2D eigenvalue weighted by atomic mass is 35.5. The van der Waals surface area contributed by atoms with Crippen LogP contribution in [0.15, 0.2) is 22.6 Å². The van der Waals surface area contributed by atoms with Crippen LogP contribution in [0.1, 0.15) is 29.3 Å². The number of aromatic nitrogens is 2. The third-order valence-corrected chi connectivity index (χ3v) is 3.28. The van der Waals surface area contributed by atoms with Crippen LogP contribution in [0.5, 0.6) is 5.75 Å². The van der Waals surface area contributed by atoms with Crippen molar-refractivity contribution in [1.29, 1.82) is 0 Å². The second-order valence-electron chi connectivity index (χ2n) is 4.30. The second kappa shape index (κ2) is 4.98. The highest BCUT2D eigenvalue weighted by Crippen LogP contribution is 2.26. The molecule has 1 aliphatic carbocycles. The Morgan fingerprint density at radius 2 is 2.00 bits per heavy atom. The van der Waals surface area contributed by atoms with Gasteiger partial charge in [0.1, 0.15) is 11.6 Å². The summed E-state index contributed by atoms with van der Waals surface area (Å²) < 4.78 is 10.9. The van der Waals surface area contributed by atoms with E-state index in [0.29, 0.717) is 11.8 Å². The topological polar surface area (TPSA) is 48.2 Å². The molecule has 0 atom stereocenters. The molecule has 1 aliphatic rings. The van der Waals surface area contributed by atoms with E-state index in [9.17, 15) is 0 Å². The van der Waals surface area contributed by atoms with Crippen LogP contribution < -0.4 is 4.74 Å². The normalized spacial score (nSPS) is 13.6. The van der Waals surface area contributed by atoms with Crippen molar-refractivity contribution in [3.8, 4) is 5.75 Å². The predicted molar refractivity (Wildman–Crippen MR) is 66.7 cm³/mol. The second-order valence-corrected chi connectivity index (χ2v) is 4.56. The Bertz CT molecular complexity index is 554. The van der Waals surface area contributed by atoms with Crippen LogP contribution in [-0.2, 0) is 25.3 Å². The predicted octanol–water partition coefficient (Wildman–Crippen LogP) is 2.88. The van der Waals surface area contributed by atoms with Gasteiger partial charge in [0.05, 0.1) is 0 Å². The van der Waals surface area contributed by atoms with Gasteiger partial charge in [0.15, 0.2) is 6.61 Å². The van der Waals surface area contributed by atoms with Gasteiger partial charge in [-0.1, -0.05) is 6.07 Å². The van der Waals surface area contributed by atoms with E-state index in [1.807, 2.05) is 6.07 Å². The first-order chi connectivity index (χ1) is 8.85. The molecule has 3 rings (SSSR count). The number of nitrogens with zero attached hydrogens (tertiary/aromatic N) is 2. The number of alkyl halides is 1. The van der Waals surface area contributed by atoms with E-state index in [4.69, 9.17) is 20.8 Å². The molecule has 0 radical (unpaired) electrons. The van der Waals surface area contributed by atoms with Crippen molar-refractivity contribution in [2.45, 2.75) is 31.7 Å². The molecule has 0 bridgehead atoms. The van der Waals surface area contributed by atoms with E-state index in [1.165, 1.54) is 24.0 Å². The lowest BCUT2D eigenvalue weighted by Gasteiger charge is -2.05. The quantitative estimate of drug-likeness (QED) is 0.797. The van der Waals surface area contributed by atoms with Crippen LogP contribution in [0.25, 0.3) is 0 Å². The number of fused-ring (bicyclic) bond motifs is 1. The van der Waals surface area contributed by atoms with Crippen molar-refractivity contribution in [3.63, 3.8) is 0 Å². The van der Waals surface area contributed by atoms with Crippen molar-refractivity contribution in [1.82, 2.24) is 10.2 Å². The average molecular weight is 265 g/mol. The molecule has 1 aromatic heterocycles. The van der Waals surface area contributed by atoms with E-state index in [2.05, 4.69) is 22.3 Å². The summed E-state index contributed by atoms with van der Waals surface area (Å²) in [6, 6.07) is 6.22. The molecule has 0 N–H and O–H groups in total. The lowest BCUT2D eigenvalue weighted by molar-refractivity contribution is 0.260. The molecule has 0 saturated carbocycles. The number of ether oxygens (including phenoxy) is 1. The Labute approximate surface area is 110 Å². The van der Waals surface area contributed by atoms with Crippen molar-refractivity contribution in [3.05, 3.63) is 41.1 Å². The molecule has 1 heterocycles. The minimum absolute atomic E-state index is 0.228. The number of benzene rings is 1. The van der Waals surface area contributed by atoms with Crippen LogP contribution in [0.2, 0.25) is 0 Å². The number of halogens is 1. The fourth-order valence-corrected chi connectivity index (χ4v) is 2.29. The van der Waals surface area contributed by atoms with Gasteiger partial charge in [0, 0.05) is 0 Å². The van der Waals surface area contributed by atoms with Crippen molar-refractivity contribution in [2.24, 2.45) is 0 Å². The molecule has 94 valence electrons. The van der Waals surface area contributed by atoms with E-state index in [-0.39, 0.29) is 12.5 Å². The molecule has 0 fully saturated rings. The van der Waals surface area contributed by atoms with Gasteiger partial charge in [-0.2, -0.15) is 0 Å². The van der Waals surface area contributed by atoms with Crippen molar-refractivity contribution < 1.29 is 9.15 Å². The molecule has 4 nitrogen and oxygen atoms in total. The van der Waals surface area contributed by atoms with Gasteiger partial charge in [0.25, 0.3) is 5.89 Å². The van der Waals surface area contributed by atoms with E-state index in [0.717, 1.165) is 12.2 Å². The summed E-state index contributed by atoms with van der Waals surface area (Å²) in [4.78, 5) is 0. The molecule has 5 heteroatoms. The molecule has 0 saturated heterocycles. The van der Waals surface area contributed by atoms with E-state index in [1.54, 1.807) is 0 Å². The smallest absolute Gasteiger partial charge is 0.253 e. The lowest BCUT2D eigenvalue weighted by atomic mass is 10.1. The summed E-state index contributed by atoms with van der Waals surface area (Å²) in [6.45, 7) is 0.280. The van der Waals surface area contributed by atoms with Crippen LogP contribution in [-0.4, -0.2) is 10.2 Å². The Balaban J connectivity index is 1.66. The first-order valence-electron chi connectivity index (χ1n) is 5.97. The maximum absolute atomic E-state index is 5.64.